The SMILES string of the molecule is Cc1cc(F)ccc1S(=O)(=O)N1CCn2ccnc2C1. The summed E-state index contributed by atoms with van der Waals surface area (Å²) < 4.78 is 41.7. The van der Waals surface area contributed by atoms with Crippen molar-refractivity contribution >= 4 is 10.0 Å². The van der Waals surface area contributed by atoms with Crippen molar-refractivity contribution in [3.8, 4) is 0 Å². The lowest BCUT2D eigenvalue weighted by Gasteiger charge is -2.27. The van der Waals surface area contributed by atoms with Gasteiger partial charge in [-0.2, -0.15) is 4.31 Å². The molecule has 1 aliphatic rings. The molecule has 0 atom stereocenters. The van der Waals surface area contributed by atoms with E-state index in [0.717, 1.165) is 5.82 Å². The van der Waals surface area contributed by atoms with Crippen LogP contribution in [0, 0.1) is 12.7 Å². The van der Waals surface area contributed by atoms with E-state index >= 15 is 0 Å². The van der Waals surface area contributed by atoms with E-state index in [1.165, 1.54) is 22.5 Å². The van der Waals surface area contributed by atoms with Crippen molar-refractivity contribution in [2.24, 2.45) is 0 Å². The molecule has 3 rings (SSSR count). The van der Waals surface area contributed by atoms with Gasteiger partial charge in [0.15, 0.2) is 0 Å². The lowest BCUT2D eigenvalue weighted by molar-refractivity contribution is 0.335. The first-order valence-corrected chi connectivity index (χ1v) is 7.69. The minimum absolute atomic E-state index is 0.152. The fraction of sp³-hybridized carbons (Fsp3) is 0.308. The van der Waals surface area contributed by atoms with Crippen molar-refractivity contribution in [1.82, 2.24) is 13.9 Å². The topological polar surface area (TPSA) is 55.2 Å². The molecule has 0 fully saturated rings. The van der Waals surface area contributed by atoms with Crippen molar-refractivity contribution < 1.29 is 12.8 Å². The molecule has 0 unspecified atom stereocenters. The second-order valence-corrected chi connectivity index (χ2v) is 6.69. The third-order valence-corrected chi connectivity index (χ3v) is 5.47. The van der Waals surface area contributed by atoms with E-state index in [0.29, 0.717) is 18.7 Å². The van der Waals surface area contributed by atoms with Crippen molar-refractivity contribution in [1.29, 1.82) is 0 Å². The van der Waals surface area contributed by atoms with E-state index in [4.69, 9.17) is 0 Å². The van der Waals surface area contributed by atoms with Crippen LogP contribution in [-0.4, -0.2) is 28.8 Å². The number of halogens is 1. The summed E-state index contributed by atoms with van der Waals surface area (Å²) in [5.74, 6) is 0.287. The van der Waals surface area contributed by atoms with Gasteiger partial charge < -0.3 is 4.57 Å². The molecule has 0 spiro atoms. The Bertz CT molecular complexity index is 755. The van der Waals surface area contributed by atoms with Gasteiger partial charge in [0.25, 0.3) is 0 Å². The summed E-state index contributed by atoms with van der Waals surface area (Å²) in [5, 5.41) is 0. The van der Waals surface area contributed by atoms with E-state index in [1.807, 2.05) is 10.8 Å². The van der Waals surface area contributed by atoms with Crippen molar-refractivity contribution in [2.45, 2.75) is 24.9 Å². The number of fused-ring (bicyclic) bond motifs is 1. The number of aromatic nitrogens is 2. The monoisotopic (exact) mass is 295 g/mol. The first kappa shape index (κ1) is 13.3. The zero-order valence-electron chi connectivity index (χ0n) is 11.0. The number of hydrogen-bond donors (Lipinski definition) is 0. The fourth-order valence-corrected chi connectivity index (χ4v) is 3.99. The average Bonchev–Trinajstić information content (AvgIpc) is 2.85. The van der Waals surface area contributed by atoms with Gasteiger partial charge in [-0.25, -0.2) is 17.8 Å². The van der Waals surface area contributed by atoms with Crippen LogP contribution in [0.2, 0.25) is 0 Å². The van der Waals surface area contributed by atoms with Crippen LogP contribution in [0.15, 0.2) is 35.5 Å². The van der Waals surface area contributed by atoms with Gasteiger partial charge in [-0.15, -0.1) is 0 Å². The van der Waals surface area contributed by atoms with Gasteiger partial charge in [0, 0.05) is 25.5 Å². The molecule has 7 heteroatoms. The fourth-order valence-electron chi connectivity index (χ4n) is 2.40. The Morgan fingerprint density at radius 3 is 2.85 bits per heavy atom. The number of rotatable bonds is 2. The number of imidazole rings is 1. The third-order valence-electron chi connectivity index (χ3n) is 3.46. The largest absolute Gasteiger partial charge is 0.333 e. The molecular weight excluding hydrogens is 281 g/mol. The normalized spacial score (nSPS) is 16.1. The Balaban J connectivity index is 1.97. The second kappa shape index (κ2) is 4.68. The minimum Gasteiger partial charge on any atom is -0.333 e. The predicted octanol–water partition coefficient (Wildman–Crippen LogP) is 1.54. The summed E-state index contributed by atoms with van der Waals surface area (Å²) in [4.78, 5) is 4.30. The molecule has 0 amide bonds. The Hall–Kier alpha value is -1.73. The van der Waals surface area contributed by atoms with Crippen LogP contribution < -0.4 is 0 Å². The second-order valence-electron chi connectivity index (χ2n) is 4.79. The van der Waals surface area contributed by atoms with Crippen LogP contribution >= 0.6 is 0 Å². The number of sulfonamides is 1. The van der Waals surface area contributed by atoms with Crippen LogP contribution in [0.4, 0.5) is 4.39 Å². The number of benzene rings is 1. The summed E-state index contributed by atoms with van der Waals surface area (Å²) in [6.45, 7) is 2.81. The zero-order valence-corrected chi connectivity index (χ0v) is 11.8. The van der Waals surface area contributed by atoms with E-state index in [1.54, 1.807) is 13.1 Å². The van der Waals surface area contributed by atoms with E-state index in [-0.39, 0.29) is 11.4 Å². The Kier molecular flexibility index (Phi) is 3.10. The van der Waals surface area contributed by atoms with Crippen LogP contribution in [0.5, 0.6) is 0 Å². The van der Waals surface area contributed by atoms with E-state index in [2.05, 4.69) is 4.98 Å². The molecule has 0 N–H and O–H groups in total. The van der Waals surface area contributed by atoms with Gasteiger partial charge >= 0.3 is 0 Å². The first-order chi connectivity index (χ1) is 9.48. The molecule has 1 aromatic heterocycles. The maximum atomic E-state index is 13.1. The van der Waals surface area contributed by atoms with Gasteiger partial charge in [0.2, 0.25) is 10.0 Å². The molecule has 20 heavy (non-hydrogen) atoms. The summed E-state index contributed by atoms with van der Waals surface area (Å²) in [6, 6.07) is 3.73. The van der Waals surface area contributed by atoms with Crippen LogP contribution in [0.1, 0.15) is 11.4 Å². The number of nitrogens with zero attached hydrogens (tertiary/aromatic N) is 3. The molecule has 0 aliphatic carbocycles. The Morgan fingerprint density at radius 1 is 1.30 bits per heavy atom. The predicted molar refractivity (Wildman–Crippen MR) is 71.0 cm³/mol. The van der Waals surface area contributed by atoms with Gasteiger partial charge in [-0.05, 0) is 30.7 Å². The lowest BCUT2D eigenvalue weighted by Crippen LogP contribution is -2.38. The minimum atomic E-state index is -3.62. The molecular formula is C13H14FN3O2S. The zero-order chi connectivity index (χ0) is 14.3. The molecule has 0 bridgehead atoms. The average molecular weight is 295 g/mol. The van der Waals surface area contributed by atoms with Gasteiger partial charge in [-0.3, -0.25) is 0 Å². The van der Waals surface area contributed by atoms with Crippen LogP contribution in [0.3, 0.4) is 0 Å². The van der Waals surface area contributed by atoms with Crippen LogP contribution in [0.25, 0.3) is 0 Å². The van der Waals surface area contributed by atoms with Gasteiger partial charge in [-0.1, -0.05) is 0 Å². The Morgan fingerprint density at radius 2 is 2.10 bits per heavy atom. The molecule has 0 radical (unpaired) electrons. The van der Waals surface area contributed by atoms with E-state index < -0.39 is 15.8 Å². The maximum Gasteiger partial charge on any atom is 0.243 e. The van der Waals surface area contributed by atoms with Gasteiger partial charge in [0.1, 0.15) is 11.6 Å². The highest BCUT2D eigenvalue weighted by molar-refractivity contribution is 7.89. The standard InChI is InChI=1S/C13H14FN3O2S/c1-10-8-11(14)2-3-12(10)20(18,19)17-7-6-16-5-4-15-13(16)9-17/h2-5,8H,6-7,9H2,1H3. The number of hydrogen-bond acceptors (Lipinski definition) is 3. The highest BCUT2D eigenvalue weighted by atomic mass is 32.2. The van der Waals surface area contributed by atoms with Crippen molar-refractivity contribution in [3.05, 3.63) is 47.8 Å². The Labute approximate surface area is 116 Å². The molecule has 2 aromatic rings. The highest BCUT2D eigenvalue weighted by Crippen LogP contribution is 2.24. The maximum absolute atomic E-state index is 13.1. The summed E-state index contributed by atoms with van der Waals surface area (Å²) in [6.07, 6.45) is 3.50. The molecule has 1 aliphatic heterocycles. The smallest absolute Gasteiger partial charge is 0.243 e. The number of aryl methyl sites for hydroxylation is 1. The molecule has 5 nitrogen and oxygen atoms in total. The molecule has 1 aromatic carbocycles. The lowest BCUT2D eigenvalue weighted by atomic mass is 10.2. The van der Waals surface area contributed by atoms with Crippen molar-refractivity contribution in [2.75, 3.05) is 6.54 Å². The molecule has 0 saturated heterocycles. The molecule has 2 heterocycles. The quantitative estimate of drug-likeness (QED) is 0.844. The summed E-state index contributed by atoms with van der Waals surface area (Å²) >= 11 is 0. The van der Waals surface area contributed by atoms with Crippen molar-refractivity contribution in [3.63, 3.8) is 0 Å². The highest BCUT2D eigenvalue weighted by Gasteiger charge is 2.29. The third kappa shape index (κ3) is 2.12. The first-order valence-electron chi connectivity index (χ1n) is 6.25. The van der Waals surface area contributed by atoms with Crippen LogP contribution in [-0.2, 0) is 23.1 Å². The summed E-state index contributed by atoms with van der Waals surface area (Å²) in [7, 11) is -3.62. The summed E-state index contributed by atoms with van der Waals surface area (Å²) in [5.41, 5.74) is 0.416. The van der Waals surface area contributed by atoms with Gasteiger partial charge in [0.05, 0.1) is 11.4 Å². The molecule has 106 valence electrons. The van der Waals surface area contributed by atoms with E-state index in [9.17, 15) is 12.8 Å². The molecule has 0 saturated carbocycles.